The zero-order valence-electron chi connectivity index (χ0n) is 15.0. The van der Waals surface area contributed by atoms with Crippen LogP contribution in [0.15, 0.2) is 47.4 Å². The molecule has 0 saturated carbocycles. The Balaban J connectivity index is 1.42. The summed E-state index contributed by atoms with van der Waals surface area (Å²) >= 11 is 7.56. The van der Waals surface area contributed by atoms with Crippen molar-refractivity contribution in [3.8, 4) is 5.75 Å². The molecule has 26 heavy (non-hydrogen) atoms. The summed E-state index contributed by atoms with van der Waals surface area (Å²) in [6.07, 6.45) is 4.25. The molecule has 1 N–H and O–H groups in total. The van der Waals surface area contributed by atoms with Crippen LogP contribution in [-0.2, 0) is 17.6 Å². The molecule has 0 saturated heterocycles. The van der Waals surface area contributed by atoms with Gasteiger partial charge in [0.2, 0.25) is 0 Å². The molecule has 0 aromatic heterocycles. The fourth-order valence-electron chi connectivity index (χ4n) is 3.06. The van der Waals surface area contributed by atoms with Gasteiger partial charge in [0.1, 0.15) is 5.75 Å². The molecule has 0 fully saturated rings. The molecule has 0 spiro atoms. The second kappa shape index (κ2) is 9.33. The molecule has 0 bridgehead atoms. The number of aryl methyl sites for hydroxylation is 2. The standard InChI is InChI=1S/C21H24ClNO2S/c1-15(25-19-9-6-16-4-2-3-5-17(16)14-19)21(24)23-12-13-26-20-10-7-18(22)8-11-20/h6-11,14-15H,2-5,12-13H2,1H3,(H,23,24)/t15-/m1/s1. The number of thioether (sulfide) groups is 1. The first-order valence-electron chi connectivity index (χ1n) is 9.06. The van der Waals surface area contributed by atoms with Crippen molar-refractivity contribution in [1.29, 1.82) is 0 Å². The van der Waals surface area contributed by atoms with E-state index in [9.17, 15) is 4.79 Å². The SMILES string of the molecule is C[C@@H](Oc1ccc2c(c1)CCCC2)C(=O)NCCSc1ccc(Cl)cc1. The average Bonchev–Trinajstić information content (AvgIpc) is 2.66. The maximum Gasteiger partial charge on any atom is 0.260 e. The van der Waals surface area contributed by atoms with Gasteiger partial charge in [0, 0.05) is 22.2 Å². The van der Waals surface area contributed by atoms with Gasteiger partial charge < -0.3 is 10.1 Å². The molecule has 138 valence electrons. The van der Waals surface area contributed by atoms with Crippen molar-refractivity contribution in [3.63, 3.8) is 0 Å². The van der Waals surface area contributed by atoms with E-state index >= 15 is 0 Å². The Bertz CT molecular complexity index is 748. The molecule has 1 aliphatic rings. The number of halogens is 1. The van der Waals surface area contributed by atoms with Crippen LogP contribution in [0.1, 0.15) is 30.9 Å². The van der Waals surface area contributed by atoms with Crippen molar-refractivity contribution in [2.75, 3.05) is 12.3 Å². The summed E-state index contributed by atoms with van der Waals surface area (Å²) in [5, 5.41) is 3.67. The van der Waals surface area contributed by atoms with Crippen LogP contribution < -0.4 is 10.1 Å². The zero-order chi connectivity index (χ0) is 18.4. The van der Waals surface area contributed by atoms with Crippen LogP contribution >= 0.6 is 23.4 Å². The predicted molar refractivity (Wildman–Crippen MR) is 108 cm³/mol. The van der Waals surface area contributed by atoms with Crippen LogP contribution in [0.5, 0.6) is 5.75 Å². The number of benzene rings is 2. The number of hydrogen-bond donors (Lipinski definition) is 1. The first-order valence-corrected chi connectivity index (χ1v) is 10.4. The Labute approximate surface area is 164 Å². The lowest BCUT2D eigenvalue weighted by Gasteiger charge is -2.19. The lowest BCUT2D eigenvalue weighted by Crippen LogP contribution is -2.37. The fourth-order valence-corrected chi connectivity index (χ4v) is 3.95. The van der Waals surface area contributed by atoms with Gasteiger partial charge in [-0.25, -0.2) is 0 Å². The van der Waals surface area contributed by atoms with Gasteiger partial charge in [-0.15, -0.1) is 11.8 Å². The molecule has 0 aliphatic heterocycles. The Morgan fingerprint density at radius 3 is 2.65 bits per heavy atom. The summed E-state index contributed by atoms with van der Waals surface area (Å²) in [6, 6.07) is 13.9. The third-order valence-electron chi connectivity index (χ3n) is 4.49. The Hall–Kier alpha value is -1.65. The average molecular weight is 390 g/mol. The molecule has 2 aromatic rings. The predicted octanol–water partition coefficient (Wildman–Crippen LogP) is 4.89. The summed E-state index contributed by atoms with van der Waals surface area (Å²) in [6.45, 7) is 2.39. The zero-order valence-corrected chi connectivity index (χ0v) is 16.5. The number of carbonyl (C=O) groups is 1. The highest BCUT2D eigenvalue weighted by Gasteiger charge is 2.16. The van der Waals surface area contributed by atoms with Gasteiger partial charge >= 0.3 is 0 Å². The number of nitrogens with one attached hydrogen (secondary N) is 1. The first kappa shape index (κ1) is 19.1. The van der Waals surface area contributed by atoms with Crippen LogP contribution in [0.25, 0.3) is 0 Å². The quantitative estimate of drug-likeness (QED) is 0.541. The summed E-state index contributed by atoms with van der Waals surface area (Å²) in [5.74, 6) is 1.50. The number of rotatable bonds is 7. The van der Waals surface area contributed by atoms with Crippen molar-refractivity contribution < 1.29 is 9.53 Å². The molecular weight excluding hydrogens is 366 g/mol. The summed E-state index contributed by atoms with van der Waals surface area (Å²) in [5.41, 5.74) is 2.78. The maximum absolute atomic E-state index is 12.2. The molecule has 2 aromatic carbocycles. The number of fused-ring (bicyclic) bond motifs is 1. The van der Waals surface area contributed by atoms with E-state index < -0.39 is 6.10 Å². The van der Waals surface area contributed by atoms with Crippen molar-refractivity contribution in [2.24, 2.45) is 0 Å². The highest BCUT2D eigenvalue weighted by molar-refractivity contribution is 7.99. The molecule has 0 heterocycles. The van der Waals surface area contributed by atoms with Crippen LogP contribution in [0.3, 0.4) is 0 Å². The molecule has 3 nitrogen and oxygen atoms in total. The molecule has 1 atom stereocenters. The van der Waals surface area contributed by atoms with E-state index in [-0.39, 0.29) is 5.91 Å². The van der Waals surface area contributed by atoms with Gasteiger partial charge in [0.05, 0.1) is 0 Å². The topological polar surface area (TPSA) is 38.3 Å². The largest absolute Gasteiger partial charge is 0.481 e. The Morgan fingerprint density at radius 2 is 1.88 bits per heavy atom. The lowest BCUT2D eigenvalue weighted by atomic mass is 9.92. The summed E-state index contributed by atoms with van der Waals surface area (Å²) < 4.78 is 5.84. The Morgan fingerprint density at radius 1 is 1.15 bits per heavy atom. The van der Waals surface area contributed by atoms with Gasteiger partial charge in [-0.2, -0.15) is 0 Å². The highest BCUT2D eigenvalue weighted by Crippen LogP contribution is 2.26. The summed E-state index contributed by atoms with van der Waals surface area (Å²) in [7, 11) is 0. The van der Waals surface area contributed by atoms with Crippen LogP contribution in [-0.4, -0.2) is 24.3 Å². The minimum atomic E-state index is -0.503. The van der Waals surface area contributed by atoms with Crippen LogP contribution in [0, 0.1) is 0 Å². The summed E-state index contributed by atoms with van der Waals surface area (Å²) in [4.78, 5) is 13.4. The lowest BCUT2D eigenvalue weighted by molar-refractivity contribution is -0.127. The number of amides is 1. The highest BCUT2D eigenvalue weighted by atomic mass is 35.5. The molecule has 0 radical (unpaired) electrons. The second-order valence-electron chi connectivity index (χ2n) is 6.49. The molecule has 5 heteroatoms. The molecule has 0 unspecified atom stereocenters. The molecule has 1 aliphatic carbocycles. The van der Waals surface area contributed by atoms with E-state index in [1.54, 1.807) is 18.7 Å². The number of hydrogen-bond acceptors (Lipinski definition) is 3. The maximum atomic E-state index is 12.2. The monoisotopic (exact) mass is 389 g/mol. The van der Waals surface area contributed by atoms with Gasteiger partial charge in [-0.1, -0.05) is 17.7 Å². The minimum Gasteiger partial charge on any atom is -0.481 e. The van der Waals surface area contributed by atoms with Crippen LogP contribution in [0.4, 0.5) is 0 Å². The van der Waals surface area contributed by atoms with E-state index in [0.29, 0.717) is 6.54 Å². The van der Waals surface area contributed by atoms with Gasteiger partial charge in [0.15, 0.2) is 6.10 Å². The van der Waals surface area contributed by atoms with Gasteiger partial charge in [-0.05, 0) is 80.1 Å². The van der Waals surface area contributed by atoms with E-state index in [4.69, 9.17) is 16.3 Å². The molecule has 1 amide bonds. The number of carbonyl (C=O) groups excluding carboxylic acids is 1. The van der Waals surface area contributed by atoms with E-state index in [1.165, 1.54) is 24.0 Å². The third-order valence-corrected chi connectivity index (χ3v) is 5.75. The van der Waals surface area contributed by atoms with E-state index in [1.807, 2.05) is 30.3 Å². The van der Waals surface area contributed by atoms with E-state index in [2.05, 4.69) is 17.4 Å². The van der Waals surface area contributed by atoms with Crippen molar-refractivity contribution in [1.82, 2.24) is 5.32 Å². The smallest absolute Gasteiger partial charge is 0.260 e. The van der Waals surface area contributed by atoms with Crippen molar-refractivity contribution >= 4 is 29.3 Å². The second-order valence-corrected chi connectivity index (χ2v) is 8.10. The van der Waals surface area contributed by atoms with Crippen LogP contribution in [0.2, 0.25) is 5.02 Å². The number of ether oxygens (including phenoxy) is 1. The van der Waals surface area contributed by atoms with E-state index in [0.717, 1.165) is 34.3 Å². The van der Waals surface area contributed by atoms with Crippen molar-refractivity contribution in [3.05, 3.63) is 58.6 Å². The fraction of sp³-hybridized carbons (Fsp3) is 0.381. The van der Waals surface area contributed by atoms with Gasteiger partial charge in [0.25, 0.3) is 5.91 Å². The molecular formula is C21H24ClNO2S. The minimum absolute atomic E-state index is 0.0839. The van der Waals surface area contributed by atoms with Crippen molar-refractivity contribution in [2.45, 2.75) is 43.6 Å². The van der Waals surface area contributed by atoms with Gasteiger partial charge in [-0.3, -0.25) is 4.79 Å². The normalized spacial score (nSPS) is 14.4. The third kappa shape index (κ3) is 5.42. The molecule has 3 rings (SSSR count). The Kier molecular flexibility index (Phi) is 6.86. The first-order chi connectivity index (χ1) is 12.6.